The molecular formula is C18H21BN2. The van der Waals surface area contributed by atoms with Crippen molar-refractivity contribution in [1.82, 2.24) is 9.79 Å². The molecule has 2 heterocycles. The molecule has 0 unspecified atom stereocenters. The van der Waals surface area contributed by atoms with E-state index in [-0.39, 0.29) is 0 Å². The summed E-state index contributed by atoms with van der Waals surface area (Å²) in [5, 5.41) is 0. The van der Waals surface area contributed by atoms with E-state index in [0.717, 1.165) is 5.69 Å². The molecule has 1 aromatic carbocycles. The second kappa shape index (κ2) is 5.07. The molecule has 1 aliphatic rings. The van der Waals surface area contributed by atoms with Gasteiger partial charge in [0.1, 0.15) is 0 Å². The Bertz CT molecular complexity index is 734. The molecule has 3 heteroatoms. The van der Waals surface area contributed by atoms with Crippen molar-refractivity contribution in [3.63, 3.8) is 0 Å². The van der Waals surface area contributed by atoms with Gasteiger partial charge in [-0.3, -0.25) is 4.98 Å². The van der Waals surface area contributed by atoms with Crippen LogP contribution in [0.1, 0.15) is 22.3 Å². The van der Waals surface area contributed by atoms with Gasteiger partial charge in [0, 0.05) is 11.8 Å². The van der Waals surface area contributed by atoms with E-state index >= 15 is 0 Å². The molecule has 0 radical (unpaired) electrons. The maximum atomic E-state index is 4.63. The number of rotatable bonds is 1. The highest BCUT2D eigenvalue weighted by molar-refractivity contribution is 6.71. The van der Waals surface area contributed by atoms with Crippen LogP contribution >= 0.6 is 0 Å². The molecule has 2 nitrogen and oxygen atoms in total. The zero-order valence-electron chi connectivity index (χ0n) is 13.4. The molecule has 0 amide bonds. The average Bonchev–Trinajstić information content (AvgIpc) is 2.46. The molecule has 106 valence electrons. The second-order valence-electron chi connectivity index (χ2n) is 6.05. The molecule has 0 spiro atoms. The van der Waals surface area contributed by atoms with Crippen molar-refractivity contribution in [2.75, 3.05) is 7.05 Å². The number of benzene rings is 1. The number of hydrogen-bond acceptors (Lipinski definition) is 2. The summed E-state index contributed by atoms with van der Waals surface area (Å²) in [6.07, 6.45) is 6.32. The van der Waals surface area contributed by atoms with Gasteiger partial charge in [-0.1, -0.05) is 19.0 Å². The lowest BCUT2D eigenvalue weighted by molar-refractivity contribution is 0.722. The van der Waals surface area contributed by atoms with Crippen molar-refractivity contribution in [2.24, 2.45) is 0 Å². The number of nitrogens with zero attached hydrogens (tertiary/aromatic N) is 2. The van der Waals surface area contributed by atoms with Crippen LogP contribution in [-0.4, -0.2) is 23.7 Å². The highest BCUT2D eigenvalue weighted by Gasteiger charge is 2.24. The Kier molecular flexibility index (Phi) is 3.36. The molecule has 1 aliphatic heterocycles. The predicted molar refractivity (Wildman–Crippen MR) is 91.9 cm³/mol. The van der Waals surface area contributed by atoms with Gasteiger partial charge in [-0.05, 0) is 73.9 Å². The van der Waals surface area contributed by atoms with Crippen LogP contribution in [0.15, 0.2) is 30.6 Å². The molecule has 21 heavy (non-hydrogen) atoms. The quantitative estimate of drug-likeness (QED) is 0.742. The van der Waals surface area contributed by atoms with Crippen LogP contribution in [0.25, 0.3) is 17.3 Å². The van der Waals surface area contributed by atoms with E-state index in [4.69, 9.17) is 0 Å². The Morgan fingerprint density at radius 1 is 1.10 bits per heavy atom. The molecule has 0 N–H and O–H groups in total. The Labute approximate surface area is 127 Å². The van der Waals surface area contributed by atoms with Gasteiger partial charge in [0.2, 0.25) is 0 Å². The van der Waals surface area contributed by atoms with Crippen molar-refractivity contribution >= 4 is 18.4 Å². The summed E-state index contributed by atoms with van der Waals surface area (Å²) < 4.78 is 0. The molecule has 3 rings (SSSR count). The highest BCUT2D eigenvalue weighted by Crippen LogP contribution is 2.25. The number of pyridine rings is 1. The van der Waals surface area contributed by atoms with Gasteiger partial charge in [0.25, 0.3) is 6.85 Å². The fraction of sp³-hybridized carbons (Fsp3) is 0.278. The zero-order valence-corrected chi connectivity index (χ0v) is 13.4. The summed E-state index contributed by atoms with van der Waals surface area (Å²) in [6, 6.07) is 6.61. The van der Waals surface area contributed by atoms with Gasteiger partial charge in [-0.15, -0.1) is 0 Å². The number of hydrogen-bond donors (Lipinski definition) is 0. The standard InChI is InChI=1S/C18H21BN2/c1-12-10-17(20-11-13(12)2)16-7-6-15-8-9-21(5)19(4)18(15)14(16)3/h6-11H,1-5H3. The maximum absolute atomic E-state index is 4.63. The lowest BCUT2D eigenvalue weighted by Gasteiger charge is -2.28. The third-order valence-electron chi connectivity index (χ3n) is 4.71. The summed E-state index contributed by atoms with van der Waals surface area (Å²) in [6.45, 7) is 9.12. The first-order valence-corrected chi connectivity index (χ1v) is 7.46. The van der Waals surface area contributed by atoms with Crippen LogP contribution in [0.3, 0.4) is 0 Å². The Morgan fingerprint density at radius 2 is 1.86 bits per heavy atom. The van der Waals surface area contributed by atoms with Gasteiger partial charge >= 0.3 is 0 Å². The van der Waals surface area contributed by atoms with Gasteiger partial charge < -0.3 is 4.81 Å². The molecule has 0 aliphatic carbocycles. The fourth-order valence-corrected chi connectivity index (χ4v) is 3.03. The Morgan fingerprint density at radius 3 is 2.57 bits per heavy atom. The van der Waals surface area contributed by atoms with Crippen molar-refractivity contribution in [1.29, 1.82) is 0 Å². The monoisotopic (exact) mass is 276 g/mol. The summed E-state index contributed by atoms with van der Waals surface area (Å²) in [5.41, 5.74) is 8.93. The molecule has 0 atom stereocenters. The summed E-state index contributed by atoms with van der Waals surface area (Å²) in [4.78, 5) is 6.89. The van der Waals surface area contributed by atoms with Gasteiger partial charge in [0.15, 0.2) is 0 Å². The van der Waals surface area contributed by atoms with E-state index in [2.05, 4.69) is 74.9 Å². The van der Waals surface area contributed by atoms with Gasteiger partial charge in [-0.2, -0.15) is 0 Å². The Hall–Kier alpha value is -2.03. The number of aromatic nitrogens is 1. The number of fused-ring (bicyclic) bond motifs is 1. The SMILES string of the molecule is CB1c2c(ccc(-c3cc(C)c(C)cn3)c2C)C=CN1C. The topological polar surface area (TPSA) is 16.1 Å². The zero-order chi connectivity index (χ0) is 15.1. The van der Waals surface area contributed by atoms with Crippen molar-refractivity contribution in [2.45, 2.75) is 27.6 Å². The highest BCUT2D eigenvalue weighted by atomic mass is 15.0. The van der Waals surface area contributed by atoms with E-state index in [1.54, 1.807) is 0 Å². The van der Waals surface area contributed by atoms with E-state index < -0.39 is 0 Å². The second-order valence-corrected chi connectivity index (χ2v) is 6.05. The summed E-state index contributed by atoms with van der Waals surface area (Å²) >= 11 is 0. The number of aryl methyl sites for hydroxylation is 2. The van der Waals surface area contributed by atoms with Crippen molar-refractivity contribution in [3.8, 4) is 11.3 Å². The first kappa shape index (κ1) is 13.9. The minimum absolute atomic E-state index is 0.400. The minimum Gasteiger partial charge on any atom is -0.420 e. The van der Waals surface area contributed by atoms with Gasteiger partial charge in [0.05, 0.1) is 5.69 Å². The summed E-state index contributed by atoms with van der Waals surface area (Å²) in [7, 11) is 2.13. The van der Waals surface area contributed by atoms with Crippen molar-refractivity contribution < 1.29 is 0 Å². The van der Waals surface area contributed by atoms with E-state index in [9.17, 15) is 0 Å². The largest absolute Gasteiger partial charge is 0.420 e. The predicted octanol–water partition coefficient (Wildman–Crippen LogP) is 3.42. The van der Waals surface area contributed by atoms with Crippen LogP contribution in [-0.2, 0) is 0 Å². The normalized spacial score (nSPS) is 13.6. The molecule has 0 bridgehead atoms. The molecule has 0 fully saturated rings. The molecule has 1 aromatic heterocycles. The maximum Gasteiger partial charge on any atom is 0.285 e. The molecule has 0 saturated heterocycles. The smallest absolute Gasteiger partial charge is 0.285 e. The van der Waals surface area contributed by atoms with Crippen LogP contribution in [0, 0.1) is 20.8 Å². The fourth-order valence-electron chi connectivity index (χ4n) is 3.03. The minimum atomic E-state index is 0.400. The van der Waals surface area contributed by atoms with Gasteiger partial charge in [-0.25, -0.2) is 0 Å². The summed E-state index contributed by atoms with van der Waals surface area (Å²) in [5.74, 6) is 0. The van der Waals surface area contributed by atoms with Crippen LogP contribution in [0.4, 0.5) is 0 Å². The van der Waals surface area contributed by atoms with Crippen LogP contribution < -0.4 is 5.46 Å². The van der Waals surface area contributed by atoms with E-state index in [1.807, 2.05) is 6.20 Å². The lowest BCUT2D eigenvalue weighted by Crippen LogP contribution is -2.45. The average molecular weight is 276 g/mol. The first-order chi connectivity index (χ1) is 9.99. The van der Waals surface area contributed by atoms with E-state index in [1.165, 1.54) is 33.3 Å². The molecular weight excluding hydrogens is 255 g/mol. The van der Waals surface area contributed by atoms with E-state index in [0.29, 0.717) is 6.85 Å². The third kappa shape index (κ3) is 2.27. The van der Waals surface area contributed by atoms with Crippen molar-refractivity contribution in [3.05, 3.63) is 52.8 Å². The third-order valence-corrected chi connectivity index (χ3v) is 4.71. The van der Waals surface area contributed by atoms with Crippen LogP contribution in [0.2, 0.25) is 6.82 Å². The van der Waals surface area contributed by atoms with Crippen LogP contribution in [0.5, 0.6) is 0 Å². The molecule has 2 aromatic rings. The molecule has 0 saturated carbocycles. The first-order valence-electron chi connectivity index (χ1n) is 7.46. The lowest BCUT2D eigenvalue weighted by atomic mass is 9.52. The Balaban J connectivity index is 2.18.